The topological polar surface area (TPSA) is 74.6 Å². The number of rotatable bonds is 5. The highest BCUT2D eigenvalue weighted by Gasteiger charge is 2.44. The monoisotopic (exact) mass is 406 g/mol. The van der Waals surface area contributed by atoms with Gasteiger partial charge in [0.05, 0.1) is 6.10 Å². The van der Waals surface area contributed by atoms with Crippen LogP contribution in [0.3, 0.4) is 0 Å². The van der Waals surface area contributed by atoms with Crippen LogP contribution in [0.25, 0.3) is 0 Å². The van der Waals surface area contributed by atoms with Gasteiger partial charge in [-0.05, 0) is 54.3 Å². The molecule has 4 nitrogen and oxygen atoms in total. The van der Waals surface area contributed by atoms with Crippen molar-refractivity contribution in [3.63, 3.8) is 0 Å². The lowest BCUT2D eigenvalue weighted by Crippen LogP contribution is -2.40. The van der Waals surface area contributed by atoms with E-state index in [0.29, 0.717) is 0 Å². The van der Waals surface area contributed by atoms with Crippen molar-refractivity contribution in [2.75, 3.05) is 5.75 Å². The SMILES string of the molecule is CCCC[C@]1(CC)CSc2ccc(O)cc2[C@@H](c2ccc(F)cc2)[C@H]1O.O=O. The van der Waals surface area contributed by atoms with E-state index in [2.05, 4.69) is 13.8 Å². The van der Waals surface area contributed by atoms with Gasteiger partial charge in [-0.25, -0.2) is 4.39 Å². The van der Waals surface area contributed by atoms with Crippen LogP contribution in [0.1, 0.15) is 56.6 Å². The molecule has 0 aromatic heterocycles. The average molecular weight is 407 g/mol. The minimum atomic E-state index is -0.583. The summed E-state index contributed by atoms with van der Waals surface area (Å²) in [6.45, 7) is 4.32. The zero-order chi connectivity index (χ0) is 20.7. The molecule has 2 N–H and O–H groups in total. The Morgan fingerprint density at radius 3 is 2.43 bits per heavy atom. The Balaban J connectivity index is 0.00000136. The number of thioether (sulfide) groups is 1. The highest BCUT2D eigenvalue weighted by Crippen LogP contribution is 2.51. The Morgan fingerprint density at radius 1 is 1.14 bits per heavy atom. The summed E-state index contributed by atoms with van der Waals surface area (Å²) in [6, 6.07) is 11.8. The first-order chi connectivity index (χ1) is 13.5. The van der Waals surface area contributed by atoms with Crippen LogP contribution in [0.15, 0.2) is 47.4 Å². The molecular weight excluding hydrogens is 379 g/mol. The Labute approximate surface area is 169 Å². The fourth-order valence-corrected chi connectivity index (χ4v) is 5.49. The van der Waals surface area contributed by atoms with Crippen molar-refractivity contribution in [1.29, 1.82) is 0 Å². The minimum absolute atomic E-state index is 0.196. The number of hydrogen-bond acceptors (Lipinski definition) is 5. The van der Waals surface area contributed by atoms with Gasteiger partial charge in [0.1, 0.15) is 11.6 Å². The smallest absolute Gasteiger partial charge is 0.123 e. The molecule has 0 saturated carbocycles. The van der Waals surface area contributed by atoms with Gasteiger partial charge in [-0.2, -0.15) is 0 Å². The van der Waals surface area contributed by atoms with Crippen molar-refractivity contribution in [1.82, 2.24) is 0 Å². The number of benzene rings is 2. The third-order valence-electron chi connectivity index (χ3n) is 5.75. The standard InChI is InChI=1S/C22H27FO2S.O2/c1-3-5-12-22(4-2)14-26-19-11-10-17(24)13-18(19)20(21(22)25)15-6-8-16(23)9-7-15;1-2/h6-11,13,20-21,24-25H,3-5,12,14H2,1-2H3;/t20-,21-,22-;/m1./s1. The molecule has 152 valence electrons. The highest BCUT2D eigenvalue weighted by molar-refractivity contribution is 7.99. The molecule has 28 heavy (non-hydrogen) atoms. The first kappa shape index (κ1) is 22.4. The molecule has 0 bridgehead atoms. The summed E-state index contributed by atoms with van der Waals surface area (Å²) in [6.07, 6.45) is 3.43. The van der Waals surface area contributed by atoms with Gasteiger partial charge >= 0.3 is 0 Å². The van der Waals surface area contributed by atoms with Crippen molar-refractivity contribution >= 4 is 11.8 Å². The molecule has 3 atom stereocenters. The van der Waals surface area contributed by atoms with Crippen LogP contribution in [0.4, 0.5) is 4.39 Å². The number of aromatic hydroxyl groups is 1. The predicted octanol–water partition coefficient (Wildman–Crippen LogP) is 5.78. The number of aliphatic hydroxyl groups is 1. The maximum atomic E-state index is 13.5. The summed E-state index contributed by atoms with van der Waals surface area (Å²) >= 11 is 1.76. The van der Waals surface area contributed by atoms with Gasteiger partial charge in [0.15, 0.2) is 0 Å². The van der Waals surface area contributed by atoms with Crippen molar-refractivity contribution in [3.05, 3.63) is 69.3 Å². The maximum absolute atomic E-state index is 13.5. The predicted molar refractivity (Wildman–Crippen MR) is 112 cm³/mol. The molecule has 0 unspecified atom stereocenters. The highest BCUT2D eigenvalue weighted by atomic mass is 32.2. The molecule has 1 heterocycles. The van der Waals surface area contributed by atoms with Gasteiger partial charge in [0.2, 0.25) is 0 Å². The fourth-order valence-electron chi connectivity index (χ4n) is 4.01. The van der Waals surface area contributed by atoms with Crippen LogP contribution < -0.4 is 0 Å². The van der Waals surface area contributed by atoms with E-state index in [1.165, 1.54) is 12.1 Å². The second-order valence-corrected chi connectivity index (χ2v) is 8.32. The van der Waals surface area contributed by atoms with Gasteiger partial charge < -0.3 is 10.2 Å². The molecular formula is C22H27FO4S. The summed E-state index contributed by atoms with van der Waals surface area (Å²) in [5, 5.41) is 21.6. The summed E-state index contributed by atoms with van der Waals surface area (Å²) in [5.74, 6) is 0.487. The maximum Gasteiger partial charge on any atom is 0.123 e. The molecule has 3 rings (SSSR count). The third kappa shape index (κ3) is 4.55. The molecule has 2 aromatic carbocycles. The normalized spacial score (nSPS) is 23.9. The first-order valence-electron chi connectivity index (χ1n) is 9.56. The van der Waals surface area contributed by atoms with Crippen molar-refractivity contribution in [2.45, 2.75) is 56.4 Å². The van der Waals surface area contributed by atoms with E-state index in [4.69, 9.17) is 9.93 Å². The molecule has 0 spiro atoms. The van der Waals surface area contributed by atoms with Crippen LogP contribution in [0, 0.1) is 21.2 Å². The number of hydrogen-bond donors (Lipinski definition) is 2. The van der Waals surface area contributed by atoms with Crippen molar-refractivity contribution < 1.29 is 14.6 Å². The van der Waals surface area contributed by atoms with E-state index in [9.17, 15) is 14.6 Å². The largest absolute Gasteiger partial charge is 0.508 e. The van der Waals surface area contributed by atoms with Gasteiger partial charge in [-0.3, -0.25) is 0 Å². The van der Waals surface area contributed by atoms with E-state index >= 15 is 0 Å². The molecule has 0 saturated heterocycles. The number of aliphatic hydroxyl groups excluding tert-OH is 1. The van der Waals surface area contributed by atoms with Crippen molar-refractivity contribution in [3.8, 4) is 5.75 Å². The molecule has 2 aromatic rings. The summed E-state index contributed by atoms with van der Waals surface area (Å²) in [5.41, 5.74) is 1.62. The van der Waals surface area contributed by atoms with Crippen LogP contribution in [-0.4, -0.2) is 22.1 Å². The van der Waals surface area contributed by atoms with E-state index < -0.39 is 6.10 Å². The van der Waals surface area contributed by atoms with Crippen LogP contribution in [-0.2, 0) is 0 Å². The lowest BCUT2D eigenvalue weighted by Gasteiger charge is -2.39. The third-order valence-corrected chi connectivity index (χ3v) is 7.15. The first-order valence-corrected chi connectivity index (χ1v) is 10.5. The number of phenolic OH excluding ortho intramolecular Hbond substituents is 1. The number of phenols is 1. The van der Waals surface area contributed by atoms with Gasteiger partial charge in [0.25, 0.3) is 0 Å². The number of halogens is 1. The molecule has 0 fully saturated rings. The van der Waals surface area contributed by atoms with Gasteiger partial charge in [0, 0.05) is 31.9 Å². The summed E-state index contributed by atoms with van der Waals surface area (Å²) in [4.78, 5) is 15.1. The molecule has 1 aliphatic heterocycles. The Hall–Kier alpha value is -1.92. The molecule has 6 heteroatoms. The average Bonchev–Trinajstić information content (AvgIpc) is 2.83. The Morgan fingerprint density at radius 2 is 1.82 bits per heavy atom. The van der Waals surface area contributed by atoms with Crippen LogP contribution in [0.2, 0.25) is 0 Å². The lowest BCUT2D eigenvalue weighted by molar-refractivity contribution is 0.0182. The Bertz CT molecular complexity index is 768. The molecule has 0 radical (unpaired) electrons. The second-order valence-electron chi connectivity index (χ2n) is 7.30. The Kier molecular flexibility index (Phi) is 8.01. The quantitative estimate of drug-likeness (QED) is 0.658. The zero-order valence-corrected chi connectivity index (χ0v) is 17.0. The lowest BCUT2D eigenvalue weighted by atomic mass is 9.69. The van der Waals surface area contributed by atoms with E-state index in [1.807, 2.05) is 6.07 Å². The number of fused-ring (bicyclic) bond motifs is 1. The summed E-state index contributed by atoms with van der Waals surface area (Å²) in [7, 11) is 0. The van der Waals surface area contributed by atoms with E-state index in [1.54, 1.807) is 36.0 Å². The fraction of sp³-hybridized carbons (Fsp3) is 0.455. The van der Waals surface area contributed by atoms with E-state index in [0.717, 1.165) is 47.5 Å². The van der Waals surface area contributed by atoms with Crippen molar-refractivity contribution in [2.24, 2.45) is 5.41 Å². The molecule has 0 amide bonds. The number of unbranched alkanes of at least 4 members (excludes halogenated alkanes) is 1. The van der Waals surface area contributed by atoms with E-state index in [-0.39, 0.29) is 22.9 Å². The second kappa shape index (κ2) is 10.0. The van der Waals surface area contributed by atoms with Gasteiger partial charge in [-0.1, -0.05) is 38.8 Å². The molecule has 0 aliphatic carbocycles. The van der Waals surface area contributed by atoms with Gasteiger partial charge in [-0.15, -0.1) is 11.8 Å². The van der Waals surface area contributed by atoms with Crippen LogP contribution in [0.5, 0.6) is 5.75 Å². The zero-order valence-electron chi connectivity index (χ0n) is 16.2. The minimum Gasteiger partial charge on any atom is -0.508 e. The molecule has 1 aliphatic rings. The van der Waals surface area contributed by atoms with Crippen LogP contribution >= 0.6 is 11.8 Å². The summed E-state index contributed by atoms with van der Waals surface area (Å²) < 4.78 is 13.5.